The smallest absolute Gasteiger partial charge is 0.252 e. The quantitative estimate of drug-likeness (QED) is 0.494. The zero-order valence-electron chi connectivity index (χ0n) is 17.4. The number of nitrogens with one attached hydrogen (secondary N) is 2. The zero-order chi connectivity index (χ0) is 21.8. The lowest BCUT2D eigenvalue weighted by molar-refractivity contribution is 0.100. The molecule has 1 aromatic heterocycles. The number of carbonyl (C=O) groups is 1. The third-order valence-corrected chi connectivity index (χ3v) is 5.38. The van der Waals surface area contributed by atoms with E-state index in [-0.39, 0.29) is 29.3 Å². The number of methoxy groups -OCH3 is 2. The fourth-order valence-corrected chi connectivity index (χ4v) is 3.52. The topological polar surface area (TPSA) is 125 Å². The van der Waals surface area contributed by atoms with Gasteiger partial charge in [-0.2, -0.15) is 0 Å². The molecule has 0 unspecified atom stereocenters. The molecule has 1 heterocycles. The van der Waals surface area contributed by atoms with E-state index in [9.17, 15) is 9.18 Å². The van der Waals surface area contributed by atoms with Crippen LogP contribution in [0.15, 0.2) is 24.3 Å². The minimum Gasteiger partial charge on any atom is -0.497 e. The van der Waals surface area contributed by atoms with Crippen molar-refractivity contribution in [2.45, 2.75) is 38.3 Å². The second-order valence-electron chi connectivity index (χ2n) is 7.53. The fourth-order valence-electron chi connectivity index (χ4n) is 3.52. The molecule has 1 amide bonds. The summed E-state index contributed by atoms with van der Waals surface area (Å²) in [4.78, 5) is 16.2. The van der Waals surface area contributed by atoms with Crippen molar-refractivity contribution < 1.29 is 18.7 Å². The van der Waals surface area contributed by atoms with Gasteiger partial charge in [-0.05, 0) is 31.7 Å². The number of rotatable bonds is 9. The predicted octanol–water partition coefficient (Wildman–Crippen LogP) is 3.01. The van der Waals surface area contributed by atoms with E-state index in [2.05, 4.69) is 15.6 Å². The maximum Gasteiger partial charge on any atom is 0.252 e. The summed E-state index contributed by atoms with van der Waals surface area (Å²) >= 11 is 0. The lowest BCUT2D eigenvalue weighted by atomic mass is 9.77. The number of hydrogen-bond donors (Lipinski definition) is 4. The van der Waals surface area contributed by atoms with Crippen molar-refractivity contribution in [2.24, 2.45) is 17.4 Å². The molecule has 6 N–H and O–H groups in total. The number of halogens is 1. The molecule has 0 radical (unpaired) electrons. The Kier molecular flexibility index (Phi) is 6.61. The van der Waals surface area contributed by atoms with Gasteiger partial charge in [0, 0.05) is 36.0 Å². The Hall–Kier alpha value is -3.07. The molecule has 2 aromatic rings. The van der Waals surface area contributed by atoms with Crippen molar-refractivity contribution in [1.29, 1.82) is 0 Å². The van der Waals surface area contributed by atoms with E-state index in [1.54, 1.807) is 18.2 Å². The molecule has 1 saturated carbocycles. The zero-order valence-corrected chi connectivity index (χ0v) is 17.4. The highest BCUT2D eigenvalue weighted by Crippen LogP contribution is 2.34. The number of benzene rings is 1. The second-order valence-corrected chi connectivity index (χ2v) is 7.53. The summed E-state index contributed by atoms with van der Waals surface area (Å²) in [6, 6.07) is 5.87. The van der Waals surface area contributed by atoms with E-state index in [0.29, 0.717) is 23.1 Å². The SMILES string of the molecule is COc1cc(Nc2nc(N[C@H](C3CCC3)[C@H](C)N)c(F)cc2C(N)=O)cc(OC)c1. The van der Waals surface area contributed by atoms with Crippen LogP contribution >= 0.6 is 0 Å². The van der Waals surface area contributed by atoms with Gasteiger partial charge in [0.25, 0.3) is 5.91 Å². The molecule has 0 spiro atoms. The van der Waals surface area contributed by atoms with Crippen LogP contribution in [0.2, 0.25) is 0 Å². The summed E-state index contributed by atoms with van der Waals surface area (Å²) < 4.78 is 25.3. The number of pyridine rings is 1. The normalized spacial score (nSPS) is 15.6. The molecule has 3 rings (SSSR count). The molecule has 1 aliphatic rings. The fraction of sp³-hybridized carbons (Fsp3) is 0.429. The van der Waals surface area contributed by atoms with Crippen molar-refractivity contribution in [3.63, 3.8) is 0 Å². The average Bonchev–Trinajstić information content (AvgIpc) is 2.67. The van der Waals surface area contributed by atoms with Gasteiger partial charge in [-0.3, -0.25) is 4.79 Å². The van der Waals surface area contributed by atoms with Gasteiger partial charge in [0.05, 0.1) is 19.8 Å². The van der Waals surface area contributed by atoms with Crippen LogP contribution in [-0.2, 0) is 0 Å². The first-order valence-corrected chi connectivity index (χ1v) is 9.85. The standard InChI is InChI=1S/C21H28FN5O3/c1-11(23)18(12-5-4-6-12)26-21-17(22)10-16(19(24)28)20(27-21)25-13-7-14(29-2)9-15(8-13)30-3/h7-12,18H,4-6,23H2,1-3H3,(H2,24,28)(H2,25,26,27)/t11-,18-/m0/s1. The Labute approximate surface area is 175 Å². The minimum atomic E-state index is -0.798. The number of aromatic nitrogens is 1. The van der Waals surface area contributed by atoms with Crippen LogP contribution in [0.25, 0.3) is 0 Å². The molecule has 0 aliphatic heterocycles. The van der Waals surface area contributed by atoms with Crippen LogP contribution in [0.4, 0.5) is 21.7 Å². The van der Waals surface area contributed by atoms with Gasteiger partial charge in [0.2, 0.25) is 0 Å². The maximum absolute atomic E-state index is 14.7. The van der Waals surface area contributed by atoms with Crippen LogP contribution < -0.4 is 31.6 Å². The number of primary amides is 1. The summed E-state index contributed by atoms with van der Waals surface area (Å²) in [5, 5.41) is 6.15. The van der Waals surface area contributed by atoms with Crippen LogP contribution in [0.1, 0.15) is 36.5 Å². The highest BCUT2D eigenvalue weighted by molar-refractivity contribution is 5.98. The summed E-state index contributed by atoms with van der Waals surface area (Å²) in [5.41, 5.74) is 12.0. The van der Waals surface area contributed by atoms with Crippen LogP contribution in [0, 0.1) is 11.7 Å². The summed E-state index contributed by atoms with van der Waals surface area (Å²) in [5.74, 6) is 0.127. The largest absolute Gasteiger partial charge is 0.497 e. The molecule has 1 aromatic carbocycles. The van der Waals surface area contributed by atoms with Crippen LogP contribution in [0.3, 0.4) is 0 Å². The van der Waals surface area contributed by atoms with Crippen LogP contribution in [-0.4, -0.2) is 37.2 Å². The molecule has 9 heteroatoms. The molecule has 0 bridgehead atoms. The lowest BCUT2D eigenvalue weighted by Crippen LogP contribution is -2.46. The monoisotopic (exact) mass is 417 g/mol. The molecule has 1 fully saturated rings. The van der Waals surface area contributed by atoms with E-state index >= 15 is 0 Å². The third kappa shape index (κ3) is 4.73. The second kappa shape index (κ2) is 9.17. The molecule has 30 heavy (non-hydrogen) atoms. The van der Waals surface area contributed by atoms with E-state index < -0.39 is 11.7 Å². The van der Waals surface area contributed by atoms with E-state index in [0.717, 1.165) is 25.3 Å². The number of hydrogen-bond acceptors (Lipinski definition) is 7. The van der Waals surface area contributed by atoms with Crippen molar-refractivity contribution in [3.8, 4) is 11.5 Å². The Morgan fingerprint density at radius 1 is 1.17 bits per heavy atom. The van der Waals surface area contributed by atoms with Gasteiger partial charge in [-0.1, -0.05) is 6.42 Å². The first-order chi connectivity index (χ1) is 14.3. The Morgan fingerprint density at radius 2 is 1.80 bits per heavy atom. The van der Waals surface area contributed by atoms with E-state index in [1.165, 1.54) is 14.2 Å². The predicted molar refractivity (Wildman–Crippen MR) is 114 cm³/mol. The average molecular weight is 417 g/mol. The van der Waals surface area contributed by atoms with Gasteiger partial charge in [0.1, 0.15) is 17.3 Å². The number of nitrogens with two attached hydrogens (primary N) is 2. The van der Waals surface area contributed by atoms with Gasteiger partial charge in [-0.25, -0.2) is 9.37 Å². The van der Waals surface area contributed by atoms with Crippen molar-refractivity contribution in [3.05, 3.63) is 35.6 Å². The third-order valence-electron chi connectivity index (χ3n) is 5.38. The van der Waals surface area contributed by atoms with Gasteiger partial charge < -0.3 is 31.6 Å². The van der Waals surface area contributed by atoms with Crippen molar-refractivity contribution in [2.75, 3.05) is 24.9 Å². The number of ether oxygens (including phenoxy) is 2. The van der Waals surface area contributed by atoms with Gasteiger partial charge in [-0.15, -0.1) is 0 Å². The Morgan fingerprint density at radius 3 is 2.27 bits per heavy atom. The summed E-state index contributed by atoms with van der Waals surface area (Å²) in [6.45, 7) is 1.88. The van der Waals surface area contributed by atoms with E-state index in [1.807, 2.05) is 6.92 Å². The number of amides is 1. The molecule has 2 atom stereocenters. The van der Waals surface area contributed by atoms with Crippen LogP contribution in [0.5, 0.6) is 11.5 Å². The summed E-state index contributed by atoms with van der Waals surface area (Å²) in [6.07, 6.45) is 3.21. The highest BCUT2D eigenvalue weighted by Gasteiger charge is 2.31. The van der Waals surface area contributed by atoms with Gasteiger partial charge >= 0.3 is 0 Å². The Bertz CT molecular complexity index is 896. The van der Waals surface area contributed by atoms with Crippen molar-refractivity contribution >= 4 is 23.2 Å². The molecular weight excluding hydrogens is 389 g/mol. The first kappa shape index (κ1) is 21.6. The molecule has 162 valence electrons. The summed E-state index contributed by atoms with van der Waals surface area (Å²) in [7, 11) is 3.06. The number of nitrogens with zero attached hydrogens (tertiary/aromatic N) is 1. The maximum atomic E-state index is 14.7. The number of carbonyl (C=O) groups excluding carboxylic acids is 1. The van der Waals surface area contributed by atoms with E-state index in [4.69, 9.17) is 20.9 Å². The molecule has 0 saturated heterocycles. The Balaban J connectivity index is 1.96. The van der Waals surface area contributed by atoms with Gasteiger partial charge in [0.15, 0.2) is 11.6 Å². The first-order valence-electron chi connectivity index (χ1n) is 9.85. The minimum absolute atomic E-state index is 0.0200. The molecule has 8 nitrogen and oxygen atoms in total. The van der Waals surface area contributed by atoms with Crippen molar-refractivity contribution in [1.82, 2.24) is 4.98 Å². The number of anilines is 3. The molecular formula is C21H28FN5O3. The highest BCUT2D eigenvalue weighted by atomic mass is 19.1. The molecule has 1 aliphatic carbocycles. The lowest BCUT2D eigenvalue weighted by Gasteiger charge is -2.37.